The second-order valence-electron chi connectivity index (χ2n) is 2.65. The number of rotatable bonds is 2. The summed E-state index contributed by atoms with van der Waals surface area (Å²) in [4.78, 5) is 0. The summed E-state index contributed by atoms with van der Waals surface area (Å²) in [7, 11) is 0. The van der Waals surface area contributed by atoms with Gasteiger partial charge in [0.05, 0.1) is 0 Å². The molecule has 0 radical (unpaired) electrons. The SMILES string of the molecule is CCNC1C2CC21. The van der Waals surface area contributed by atoms with Crippen LogP contribution in [0.2, 0.25) is 0 Å². The molecule has 0 bridgehead atoms. The van der Waals surface area contributed by atoms with E-state index in [1.54, 1.807) is 0 Å². The van der Waals surface area contributed by atoms with E-state index in [0.717, 1.165) is 24.4 Å². The van der Waals surface area contributed by atoms with Crippen molar-refractivity contribution in [3.63, 3.8) is 0 Å². The van der Waals surface area contributed by atoms with Crippen LogP contribution in [0, 0.1) is 11.8 Å². The Hall–Kier alpha value is -0.0400. The highest BCUT2D eigenvalue weighted by Crippen LogP contribution is 2.62. The first-order chi connectivity index (χ1) is 3.43. The zero-order valence-corrected chi connectivity index (χ0v) is 4.65. The van der Waals surface area contributed by atoms with Gasteiger partial charge in [-0.2, -0.15) is 0 Å². The molecule has 0 heterocycles. The molecule has 1 nitrogen and oxygen atoms in total. The lowest BCUT2D eigenvalue weighted by molar-refractivity contribution is 0.591. The smallest absolute Gasteiger partial charge is 0.0130 e. The molecule has 40 valence electrons. The van der Waals surface area contributed by atoms with Crippen LogP contribution in [0.25, 0.3) is 0 Å². The summed E-state index contributed by atoms with van der Waals surface area (Å²) in [5.41, 5.74) is 0. The molecule has 0 spiro atoms. The molecule has 2 rings (SSSR count). The molecule has 2 unspecified atom stereocenters. The minimum absolute atomic E-state index is 0.963. The normalized spacial score (nSPS) is 53.6. The maximum absolute atomic E-state index is 3.42. The number of nitrogens with one attached hydrogen (secondary N) is 1. The van der Waals surface area contributed by atoms with E-state index in [-0.39, 0.29) is 0 Å². The van der Waals surface area contributed by atoms with Gasteiger partial charge in [0.25, 0.3) is 0 Å². The molecule has 0 amide bonds. The third kappa shape index (κ3) is 0.418. The van der Waals surface area contributed by atoms with Gasteiger partial charge in [0.2, 0.25) is 0 Å². The minimum Gasteiger partial charge on any atom is -0.314 e. The largest absolute Gasteiger partial charge is 0.314 e. The maximum atomic E-state index is 3.42. The highest BCUT2D eigenvalue weighted by atomic mass is 15.0. The first kappa shape index (κ1) is 3.90. The molecule has 0 aromatic rings. The van der Waals surface area contributed by atoms with Crippen molar-refractivity contribution in [3.05, 3.63) is 0 Å². The molecule has 1 N–H and O–H groups in total. The van der Waals surface area contributed by atoms with Crippen molar-refractivity contribution in [2.75, 3.05) is 6.54 Å². The lowest BCUT2D eigenvalue weighted by Gasteiger charge is -2.00. The summed E-state index contributed by atoms with van der Waals surface area (Å²) < 4.78 is 0. The van der Waals surface area contributed by atoms with Crippen molar-refractivity contribution in [2.24, 2.45) is 11.8 Å². The molecule has 2 aliphatic rings. The van der Waals surface area contributed by atoms with Gasteiger partial charge < -0.3 is 5.32 Å². The van der Waals surface area contributed by atoms with Crippen LogP contribution in [0.4, 0.5) is 0 Å². The summed E-state index contributed by atoms with van der Waals surface area (Å²) >= 11 is 0. The van der Waals surface area contributed by atoms with Gasteiger partial charge in [-0.15, -0.1) is 0 Å². The quantitative estimate of drug-likeness (QED) is 0.532. The molecule has 0 saturated heterocycles. The van der Waals surface area contributed by atoms with Crippen molar-refractivity contribution in [1.29, 1.82) is 0 Å². The van der Waals surface area contributed by atoms with Crippen LogP contribution in [0.3, 0.4) is 0 Å². The van der Waals surface area contributed by atoms with Gasteiger partial charge in [-0.05, 0) is 24.8 Å². The van der Waals surface area contributed by atoms with Crippen molar-refractivity contribution in [3.8, 4) is 0 Å². The third-order valence-corrected chi connectivity index (χ3v) is 2.11. The Morgan fingerprint density at radius 2 is 2.29 bits per heavy atom. The molecule has 0 aromatic carbocycles. The molecular formula is C6H11N. The fraction of sp³-hybridized carbons (Fsp3) is 1.00. The predicted octanol–water partition coefficient (Wildman–Crippen LogP) is 0.614. The van der Waals surface area contributed by atoms with Crippen LogP contribution >= 0.6 is 0 Å². The van der Waals surface area contributed by atoms with Crippen LogP contribution in [-0.4, -0.2) is 12.6 Å². The fourth-order valence-corrected chi connectivity index (χ4v) is 1.32. The lowest BCUT2D eigenvalue weighted by Crippen LogP contribution is -2.21. The summed E-state index contributed by atoms with van der Waals surface area (Å²) in [6.45, 7) is 3.34. The molecule has 0 aromatic heterocycles. The monoisotopic (exact) mass is 97.1 g/mol. The Bertz CT molecular complexity index is 82.2. The topological polar surface area (TPSA) is 12.0 Å². The average Bonchev–Trinajstić information content (AvgIpc) is 2.41. The number of hydrogen-bond acceptors (Lipinski definition) is 1. The number of hydrogen-bond donors (Lipinski definition) is 1. The Morgan fingerprint density at radius 3 is 2.43 bits per heavy atom. The Morgan fingerprint density at radius 1 is 1.57 bits per heavy atom. The first-order valence-electron chi connectivity index (χ1n) is 3.17. The highest BCUT2D eigenvalue weighted by Gasteiger charge is 2.63. The van der Waals surface area contributed by atoms with Gasteiger partial charge in [-0.1, -0.05) is 6.92 Å². The summed E-state index contributed by atoms with van der Waals surface area (Å²) in [6, 6.07) is 0.963. The Labute approximate surface area is 44.1 Å². The molecule has 2 fully saturated rings. The van der Waals surface area contributed by atoms with Crippen LogP contribution in [0.15, 0.2) is 0 Å². The zero-order chi connectivity index (χ0) is 4.85. The molecule has 2 aliphatic carbocycles. The fourth-order valence-electron chi connectivity index (χ4n) is 1.32. The zero-order valence-electron chi connectivity index (χ0n) is 4.65. The van der Waals surface area contributed by atoms with Gasteiger partial charge >= 0.3 is 0 Å². The van der Waals surface area contributed by atoms with E-state index in [0.29, 0.717) is 0 Å². The first-order valence-corrected chi connectivity index (χ1v) is 3.17. The standard InChI is InChI=1S/C6H11N/c1-2-7-6-4-3-5(4)6/h4-7H,2-3H2,1H3. The molecule has 1 heteroatoms. The molecule has 2 saturated carbocycles. The van der Waals surface area contributed by atoms with Gasteiger partial charge in [0.15, 0.2) is 0 Å². The third-order valence-electron chi connectivity index (χ3n) is 2.11. The molecular weight excluding hydrogens is 86.1 g/mol. The van der Waals surface area contributed by atoms with Crippen molar-refractivity contribution in [1.82, 2.24) is 5.32 Å². The number of fused-ring (bicyclic) bond motifs is 1. The van der Waals surface area contributed by atoms with E-state index < -0.39 is 0 Å². The van der Waals surface area contributed by atoms with E-state index in [1.165, 1.54) is 6.42 Å². The lowest BCUT2D eigenvalue weighted by atomic mass is 10.3. The second-order valence-corrected chi connectivity index (χ2v) is 2.65. The van der Waals surface area contributed by atoms with Crippen molar-refractivity contribution >= 4 is 0 Å². The molecule has 7 heavy (non-hydrogen) atoms. The van der Waals surface area contributed by atoms with Gasteiger partial charge in [-0.25, -0.2) is 0 Å². The van der Waals surface area contributed by atoms with Crippen molar-refractivity contribution < 1.29 is 0 Å². The summed E-state index contributed by atoms with van der Waals surface area (Å²) in [5, 5.41) is 3.42. The van der Waals surface area contributed by atoms with E-state index in [9.17, 15) is 0 Å². The summed E-state index contributed by atoms with van der Waals surface area (Å²) in [5.74, 6) is 2.25. The average molecular weight is 97.2 g/mol. The second kappa shape index (κ2) is 1.03. The molecule has 2 atom stereocenters. The van der Waals surface area contributed by atoms with Crippen molar-refractivity contribution in [2.45, 2.75) is 19.4 Å². The van der Waals surface area contributed by atoms with Gasteiger partial charge in [-0.3, -0.25) is 0 Å². The maximum Gasteiger partial charge on any atom is 0.0130 e. The van der Waals surface area contributed by atoms with Crippen LogP contribution in [0.5, 0.6) is 0 Å². The Balaban J connectivity index is 1.73. The Kier molecular flexibility index (Phi) is 0.571. The molecule has 0 aliphatic heterocycles. The van der Waals surface area contributed by atoms with Crippen LogP contribution < -0.4 is 5.32 Å². The highest BCUT2D eigenvalue weighted by molar-refractivity contribution is 5.17. The van der Waals surface area contributed by atoms with Gasteiger partial charge in [0, 0.05) is 6.04 Å². The summed E-state index contributed by atoms with van der Waals surface area (Å²) in [6.07, 6.45) is 1.53. The van der Waals surface area contributed by atoms with E-state index >= 15 is 0 Å². The van der Waals surface area contributed by atoms with E-state index in [1.807, 2.05) is 0 Å². The van der Waals surface area contributed by atoms with Crippen LogP contribution in [-0.2, 0) is 0 Å². The van der Waals surface area contributed by atoms with E-state index in [4.69, 9.17) is 0 Å². The van der Waals surface area contributed by atoms with Crippen LogP contribution in [0.1, 0.15) is 13.3 Å². The predicted molar refractivity (Wildman–Crippen MR) is 29.1 cm³/mol. The minimum atomic E-state index is 0.963. The van der Waals surface area contributed by atoms with E-state index in [2.05, 4.69) is 12.2 Å². The van der Waals surface area contributed by atoms with Gasteiger partial charge in [0.1, 0.15) is 0 Å².